The Bertz CT molecular complexity index is 277. The third-order valence-corrected chi connectivity index (χ3v) is 2.02. The number of nitrogens with two attached hydrogens (primary N) is 1. The summed E-state index contributed by atoms with van der Waals surface area (Å²) in [6.07, 6.45) is 4.38. The van der Waals surface area contributed by atoms with Crippen molar-refractivity contribution in [2.24, 2.45) is 5.84 Å². The van der Waals surface area contributed by atoms with Crippen molar-refractivity contribution in [2.45, 2.75) is 26.2 Å². The highest BCUT2D eigenvalue weighted by atomic mass is 16.7. The van der Waals surface area contributed by atoms with Crippen molar-refractivity contribution in [2.75, 3.05) is 13.2 Å². The van der Waals surface area contributed by atoms with E-state index in [1.807, 2.05) is 13.8 Å². The van der Waals surface area contributed by atoms with Gasteiger partial charge in [-0.3, -0.25) is 15.8 Å². The second-order valence-corrected chi connectivity index (χ2v) is 3.05. The van der Waals surface area contributed by atoms with Crippen molar-refractivity contribution < 1.29 is 9.47 Å². The van der Waals surface area contributed by atoms with Gasteiger partial charge >= 0.3 is 0 Å². The van der Waals surface area contributed by atoms with Gasteiger partial charge in [0, 0.05) is 25.6 Å². The molecule has 6 heteroatoms. The van der Waals surface area contributed by atoms with Gasteiger partial charge in [0.15, 0.2) is 6.29 Å². The van der Waals surface area contributed by atoms with Crippen molar-refractivity contribution in [1.82, 2.24) is 15.4 Å². The smallest absolute Gasteiger partial charge is 0.179 e. The highest BCUT2D eigenvalue weighted by Crippen LogP contribution is 2.16. The van der Waals surface area contributed by atoms with E-state index in [-0.39, 0.29) is 6.04 Å². The van der Waals surface area contributed by atoms with E-state index in [4.69, 9.17) is 15.3 Å². The molecule has 6 nitrogen and oxygen atoms in total. The normalized spacial score (nSPS) is 13.0. The fraction of sp³-hybridized carbons (Fsp3) is 0.600. The summed E-state index contributed by atoms with van der Waals surface area (Å²) in [6.45, 7) is 4.89. The molecule has 1 atom stereocenters. The molecule has 0 aliphatic rings. The Kier molecular flexibility index (Phi) is 5.87. The molecule has 0 radical (unpaired) electrons. The van der Waals surface area contributed by atoms with E-state index in [0.717, 1.165) is 0 Å². The summed E-state index contributed by atoms with van der Waals surface area (Å²) >= 11 is 0. The van der Waals surface area contributed by atoms with E-state index >= 15 is 0 Å². The lowest BCUT2D eigenvalue weighted by atomic mass is 10.2. The van der Waals surface area contributed by atoms with Gasteiger partial charge in [-0.05, 0) is 13.8 Å². The highest BCUT2D eigenvalue weighted by molar-refractivity contribution is 5.03. The first-order valence-corrected chi connectivity index (χ1v) is 5.28. The number of aromatic nitrogens is 2. The molecule has 0 aliphatic heterocycles. The molecular formula is C10H18N4O2. The van der Waals surface area contributed by atoms with Gasteiger partial charge in [-0.2, -0.15) is 0 Å². The average molecular weight is 226 g/mol. The zero-order chi connectivity index (χ0) is 11.8. The molecule has 1 aromatic rings. The summed E-state index contributed by atoms with van der Waals surface area (Å²) in [7, 11) is 0. The van der Waals surface area contributed by atoms with Crippen LogP contribution < -0.4 is 11.3 Å². The lowest BCUT2D eigenvalue weighted by Crippen LogP contribution is -2.40. The predicted molar refractivity (Wildman–Crippen MR) is 59.1 cm³/mol. The summed E-state index contributed by atoms with van der Waals surface area (Å²) in [6, 6.07) is -0.325. The van der Waals surface area contributed by atoms with Crippen LogP contribution in [0, 0.1) is 0 Å². The summed E-state index contributed by atoms with van der Waals surface area (Å²) in [5, 5.41) is 0. The molecule has 3 N–H and O–H groups in total. The number of hydrogen-bond acceptors (Lipinski definition) is 6. The van der Waals surface area contributed by atoms with Gasteiger partial charge in [0.2, 0.25) is 0 Å². The number of hydrazine groups is 1. The summed E-state index contributed by atoms with van der Waals surface area (Å²) < 4.78 is 10.9. The van der Waals surface area contributed by atoms with Crippen LogP contribution in [0.4, 0.5) is 0 Å². The van der Waals surface area contributed by atoms with Crippen molar-refractivity contribution in [3.8, 4) is 0 Å². The van der Waals surface area contributed by atoms with Crippen LogP contribution in [0.25, 0.3) is 0 Å². The molecule has 1 aromatic heterocycles. The van der Waals surface area contributed by atoms with Gasteiger partial charge in [-0.1, -0.05) is 0 Å². The predicted octanol–water partition coefficient (Wildman–Crippen LogP) is 0.380. The molecule has 0 spiro atoms. The lowest BCUT2D eigenvalue weighted by Gasteiger charge is -2.25. The largest absolute Gasteiger partial charge is 0.351 e. The standard InChI is InChI=1S/C10H18N4O2/c1-3-15-10(16-4-2)9(14-11)8-7-12-5-6-13-8/h5-7,9-10,14H,3-4,11H2,1-2H3. The van der Waals surface area contributed by atoms with E-state index in [0.29, 0.717) is 18.9 Å². The molecule has 1 rings (SSSR count). The fourth-order valence-corrected chi connectivity index (χ4v) is 1.34. The van der Waals surface area contributed by atoms with E-state index in [1.54, 1.807) is 18.6 Å². The molecular weight excluding hydrogens is 208 g/mol. The first-order chi connectivity index (χ1) is 7.83. The molecule has 0 saturated heterocycles. The van der Waals surface area contributed by atoms with Crippen molar-refractivity contribution in [3.05, 3.63) is 24.3 Å². The minimum absolute atomic E-state index is 0.325. The van der Waals surface area contributed by atoms with E-state index < -0.39 is 6.29 Å². The minimum Gasteiger partial charge on any atom is -0.351 e. The van der Waals surface area contributed by atoms with Gasteiger partial charge in [0.25, 0.3) is 0 Å². The third-order valence-electron chi connectivity index (χ3n) is 2.02. The van der Waals surface area contributed by atoms with Gasteiger partial charge in [-0.15, -0.1) is 0 Å². The Hall–Kier alpha value is -1.08. The Morgan fingerprint density at radius 1 is 1.31 bits per heavy atom. The molecule has 0 aliphatic carbocycles. The topological polar surface area (TPSA) is 82.3 Å². The van der Waals surface area contributed by atoms with Crippen LogP contribution in [0.3, 0.4) is 0 Å². The third kappa shape index (κ3) is 3.49. The maximum atomic E-state index is 5.49. The Labute approximate surface area is 95.1 Å². The quantitative estimate of drug-likeness (QED) is 0.397. The fourth-order valence-electron chi connectivity index (χ4n) is 1.34. The number of nitrogens with one attached hydrogen (secondary N) is 1. The second-order valence-electron chi connectivity index (χ2n) is 3.05. The Morgan fingerprint density at radius 2 is 2.00 bits per heavy atom. The lowest BCUT2D eigenvalue weighted by molar-refractivity contribution is -0.156. The zero-order valence-corrected chi connectivity index (χ0v) is 9.59. The van der Waals surface area contributed by atoms with Crippen LogP contribution >= 0.6 is 0 Å². The van der Waals surface area contributed by atoms with Crippen LogP contribution in [0.15, 0.2) is 18.6 Å². The van der Waals surface area contributed by atoms with E-state index in [9.17, 15) is 0 Å². The van der Waals surface area contributed by atoms with Gasteiger partial charge in [0.05, 0.1) is 11.9 Å². The van der Waals surface area contributed by atoms with E-state index in [1.165, 1.54) is 0 Å². The number of ether oxygens (including phenoxy) is 2. The summed E-state index contributed by atoms with van der Waals surface area (Å²) in [5.41, 5.74) is 3.33. The van der Waals surface area contributed by atoms with Gasteiger partial charge in [-0.25, -0.2) is 5.43 Å². The van der Waals surface area contributed by atoms with Crippen LogP contribution in [-0.2, 0) is 9.47 Å². The van der Waals surface area contributed by atoms with Crippen LogP contribution in [0.2, 0.25) is 0 Å². The van der Waals surface area contributed by atoms with Crippen molar-refractivity contribution in [1.29, 1.82) is 0 Å². The molecule has 90 valence electrons. The van der Waals surface area contributed by atoms with Gasteiger partial charge < -0.3 is 9.47 Å². The SMILES string of the molecule is CCOC(OCC)C(NN)c1cnccn1. The minimum atomic E-state index is -0.461. The molecule has 0 saturated carbocycles. The van der Waals surface area contributed by atoms with Crippen molar-refractivity contribution >= 4 is 0 Å². The summed E-state index contributed by atoms with van der Waals surface area (Å²) in [5.74, 6) is 5.49. The molecule has 0 bridgehead atoms. The highest BCUT2D eigenvalue weighted by Gasteiger charge is 2.24. The van der Waals surface area contributed by atoms with Crippen LogP contribution in [-0.4, -0.2) is 29.5 Å². The average Bonchev–Trinajstić information content (AvgIpc) is 2.32. The second kappa shape index (κ2) is 7.24. The molecule has 1 heterocycles. The Morgan fingerprint density at radius 3 is 2.44 bits per heavy atom. The monoisotopic (exact) mass is 226 g/mol. The molecule has 16 heavy (non-hydrogen) atoms. The maximum absolute atomic E-state index is 5.49. The number of hydrogen-bond donors (Lipinski definition) is 2. The number of nitrogens with zero attached hydrogens (tertiary/aromatic N) is 2. The molecule has 0 aromatic carbocycles. The molecule has 0 amide bonds. The maximum Gasteiger partial charge on any atom is 0.179 e. The molecule has 1 unspecified atom stereocenters. The van der Waals surface area contributed by atoms with Crippen molar-refractivity contribution in [3.63, 3.8) is 0 Å². The first kappa shape index (κ1) is 13.0. The summed E-state index contributed by atoms with van der Waals surface area (Å²) in [4.78, 5) is 8.16. The first-order valence-electron chi connectivity index (χ1n) is 5.28. The van der Waals surface area contributed by atoms with E-state index in [2.05, 4.69) is 15.4 Å². The zero-order valence-electron chi connectivity index (χ0n) is 9.59. The van der Waals surface area contributed by atoms with Crippen LogP contribution in [0.5, 0.6) is 0 Å². The Balaban J connectivity index is 2.77. The number of rotatable bonds is 7. The van der Waals surface area contributed by atoms with Crippen LogP contribution in [0.1, 0.15) is 25.6 Å². The molecule has 0 fully saturated rings. The van der Waals surface area contributed by atoms with Gasteiger partial charge in [0.1, 0.15) is 6.04 Å².